The molecular weight excluding hydrogens is 269 g/mol. The molecule has 1 aliphatic heterocycles. The molecule has 4 heteroatoms. The zero-order chi connectivity index (χ0) is 12.7. The van der Waals surface area contributed by atoms with Crippen molar-refractivity contribution in [3.63, 3.8) is 0 Å². The highest BCUT2D eigenvalue weighted by atomic mass is 35.5. The summed E-state index contributed by atoms with van der Waals surface area (Å²) in [6.45, 7) is 0.512. The van der Waals surface area contributed by atoms with Crippen LogP contribution >= 0.6 is 23.2 Å². The van der Waals surface area contributed by atoms with Crippen LogP contribution in [0.15, 0.2) is 42.5 Å². The summed E-state index contributed by atoms with van der Waals surface area (Å²) in [5.74, 6) is -0.0550. The molecule has 1 heterocycles. The Hall–Kier alpha value is -1.51. The van der Waals surface area contributed by atoms with Crippen LogP contribution in [0.4, 0.5) is 5.69 Å². The zero-order valence-electron chi connectivity index (χ0n) is 9.36. The molecule has 90 valence electrons. The van der Waals surface area contributed by atoms with Crippen LogP contribution < -0.4 is 4.90 Å². The van der Waals surface area contributed by atoms with Gasteiger partial charge in [0.05, 0.1) is 22.3 Å². The van der Waals surface area contributed by atoms with E-state index in [-0.39, 0.29) is 5.91 Å². The number of nitrogens with zero attached hydrogens (tertiary/aromatic N) is 1. The molecule has 18 heavy (non-hydrogen) atoms. The van der Waals surface area contributed by atoms with Crippen LogP contribution in [0, 0.1) is 0 Å². The Bertz CT molecular complexity index is 619. The van der Waals surface area contributed by atoms with Crippen LogP contribution in [0.3, 0.4) is 0 Å². The molecule has 1 amide bonds. The number of carbonyl (C=O) groups is 1. The number of hydrogen-bond donors (Lipinski definition) is 0. The molecule has 3 rings (SSSR count). The molecule has 0 saturated heterocycles. The molecule has 0 N–H and O–H groups in total. The van der Waals surface area contributed by atoms with Crippen molar-refractivity contribution in [1.82, 2.24) is 0 Å². The van der Waals surface area contributed by atoms with Crippen molar-refractivity contribution < 1.29 is 4.79 Å². The minimum atomic E-state index is -0.0550. The molecule has 0 spiro atoms. The first-order valence-corrected chi connectivity index (χ1v) is 6.28. The Morgan fingerprint density at radius 2 is 1.61 bits per heavy atom. The van der Waals surface area contributed by atoms with Gasteiger partial charge in [-0.2, -0.15) is 0 Å². The number of benzene rings is 2. The molecule has 0 unspecified atom stereocenters. The number of halogens is 2. The van der Waals surface area contributed by atoms with E-state index >= 15 is 0 Å². The Kier molecular flexibility index (Phi) is 2.77. The largest absolute Gasteiger partial charge is 0.301 e. The van der Waals surface area contributed by atoms with Crippen LogP contribution in [0.2, 0.25) is 10.0 Å². The van der Waals surface area contributed by atoms with E-state index in [1.54, 1.807) is 23.1 Å². The summed E-state index contributed by atoms with van der Waals surface area (Å²) in [4.78, 5) is 13.9. The summed E-state index contributed by atoms with van der Waals surface area (Å²) in [5.41, 5.74) is 2.30. The van der Waals surface area contributed by atoms with Gasteiger partial charge in [-0.05, 0) is 23.8 Å². The van der Waals surface area contributed by atoms with E-state index in [0.29, 0.717) is 27.8 Å². The van der Waals surface area contributed by atoms with Gasteiger partial charge in [-0.25, -0.2) is 0 Å². The minimum absolute atomic E-state index is 0.0550. The first kappa shape index (κ1) is 11.6. The van der Waals surface area contributed by atoms with Gasteiger partial charge >= 0.3 is 0 Å². The number of hydrogen-bond acceptors (Lipinski definition) is 1. The number of amides is 1. The quantitative estimate of drug-likeness (QED) is 0.767. The molecule has 0 saturated carbocycles. The van der Waals surface area contributed by atoms with Crippen molar-refractivity contribution in [2.75, 3.05) is 4.90 Å². The normalized spacial score (nSPS) is 13.9. The van der Waals surface area contributed by atoms with Crippen LogP contribution in [0.25, 0.3) is 0 Å². The molecule has 0 radical (unpaired) electrons. The average molecular weight is 278 g/mol. The first-order chi connectivity index (χ1) is 8.68. The second kappa shape index (κ2) is 4.30. The Balaban J connectivity index is 2.10. The van der Waals surface area contributed by atoms with Crippen molar-refractivity contribution in [1.29, 1.82) is 0 Å². The first-order valence-electron chi connectivity index (χ1n) is 5.52. The Morgan fingerprint density at radius 3 is 2.28 bits per heavy atom. The van der Waals surface area contributed by atoms with Gasteiger partial charge in [0, 0.05) is 5.56 Å². The highest BCUT2D eigenvalue weighted by Crippen LogP contribution is 2.38. The lowest BCUT2D eigenvalue weighted by Crippen LogP contribution is -2.23. The highest BCUT2D eigenvalue weighted by molar-refractivity contribution is 6.40. The van der Waals surface area contributed by atoms with E-state index in [4.69, 9.17) is 23.2 Å². The number of carbonyl (C=O) groups excluding carboxylic acids is 1. The fraction of sp³-hybridized carbons (Fsp3) is 0.0714. The third-order valence-corrected chi connectivity index (χ3v) is 3.64. The maximum absolute atomic E-state index is 12.3. The van der Waals surface area contributed by atoms with E-state index < -0.39 is 0 Å². The van der Waals surface area contributed by atoms with Crippen molar-refractivity contribution in [2.24, 2.45) is 0 Å². The van der Waals surface area contributed by atoms with Crippen molar-refractivity contribution in [2.45, 2.75) is 6.54 Å². The maximum Gasteiger partial charge on any atom is 0.259 e. The predicted octanol–water partition coefficient (Wildman–Crippen LogP) is 4.15. The Morgan fingerprint density at radius 1 is 0.944 bits per heavy atom. The molecule has 0 bridgehead atoms. The molecule has 0 aromatic heterocycles. The standard InChI is InChI=1S/C14H9Cl2NO/c15-11-6-3-7-12(16)13(11)17-8-9-4-1-2-5-10(9)14(17)18/h1-7H,8H2. The van der Waals surface area contributed by atoms with Crippen molar-refractivity contribution >= 4 is 34.8 Å². The topological polar surface area (TPSA) is 20.3 Å². The summed E-state index contributed by atoms with van der Waals surface area (Å²) in [6.07, 6.45) is 0. The fourth-order valence-electron chi connectivity index (χ4n) is 2.18. The molecule has 2 aromatic rings. The average Bonchev–Trinajstić information content (AvgIpc) is 2.68. The molecular formula is C14H9Cl2NO. The lowest BCUT2D eigenvalue weighted by molar-refractivity contribution is 0.0996. The van der Waals surface area contributed by atoms with Gasteiger partial charge in [0.25, 0.3) is 5.91 Å². The van der Waals surface area contributed by atoms with Crippen molar-refractivity contribution in [3.05, 3.63) is 63.6 Å². The van der Waals surface area contributed by atoms with Crippen LogP contribution in [-0.4, -0.2) is 5.91 Å². The molecule has 0 fully saturated rings. The van der Waals surface area contributed by atoms with Crippen LogP contribution in [0.5, 0.6) is 0 Å². The maximum atomic E-state index is 12.3. The van der Waals surface area contributed by atoms with E-state index in [2.05, 4.69) is 0 Å². The lowest BCUT2D eigenvalue weighted by atomic mass is 10.1. The second-order valence-corrected chi connectivity index (χ2v) is 4.93. The summed E-state index contributed by atoms with van der Waals surface area (Å²) in [5, 5.41) is 0.979. The molecule has 0 aliphatic carbocycles. The van der Waals surface area contributed by atoms with E-state index in [0.717, 1.165) is 5.56 Å². The molecule has 1 aliphatic rings. The van der Waals surface area contributed by atoms with Crippen molar-refractivity contribution in [3.8, 4) is 0 Å². The summed E-state index contributed by atoms with van der Waals surface area (Å²) >= 11 is 12.3. The van der Waals surface area contributed by atoms with Gasteiger partial charge in [-0.1, -0.05) is 47.5 Å². The SMILES string of the molecule is O=C1c2ccccc2CN1c1c(Cl)cccc1Cl. The highest BCUT2D eigenvalue weighted by Gasteiger charge is 2.30. The third kappa shape index (κ3) is 1.69. The number of rotatable bonds is 1. The zero-order valence-corrected chi connectivity index (χ0v) is 10.9. The van der Waals surface area contributed by atoms with Gasteiger partial charge < -0.3 is 4.90 Å². The summed E-state index contributed by atoms with van der Waals surface area (Å²) < 4.78 is 0. The molecule has 0 atom stereocenters. The van der Waals surface area contributed by atoms with Crippen LogP contribution in [0.1, 0.15) is 15.9 Å². The lowest BCUT2D eigenvalue weighted by Gasteiger charge is -2.18. The van der Waals surface area contributed by atoms with Gasteiger partial charge in [0.2, 0.25) is 0 Å². The number of anilines is 1. The Labute approximate surface area is 115 Å². The van der Waals surface area contributed by atoms with Gasteiger partial charge in [-0.15, -0.1) is 0 Å². The smallest absolute Gasteiger partial charge is 0.259 e. The minimum Gasteiger partial charge on any atom is -0.301 e. The van der Waals surface area contributed by atoms with Gasteiger partial charge in [-0.3, -0.25) is 4.79 Å². The van der Waals surface area contributed by atoms with Gasteiger partial charge in [0.15, 0.2) is 0 Å². The monoisotopic (exact) mass is 277 g/mol. The van der Waals surface area contributed by atoms with E-state index in [1.807, 2.05) is 24.3 Å². The fourth-order valence-corrected chi connectivity index (χ4v) is 2.78. The van der Waals surface area contributed by atoms with Crippen LogP contribution in [-0.2, 0) is 6.54 Å². The second-order valence-electron chi connectivity index (χ2n) is 4.12. The number of para-hydroxylation sites is 1. The molecule has 2 aromatic carbocycles. The van der Waals surface area contributed by atoms with E-state index in [1.165, 1.54) is 0 Å². The molecule has 2 nitrogen and oxygen atoms in total. The van der Waals surface area contributed by atoms with E-state index in [9.17, 15) is 4.79 Å². The van der Waals surface area contributed by atoms with Gasteiger partial charge in [0.1, 0.15) is 0 Å². The summed E-state index contributed by atoms with van der Waals surface area (Å²) in [6, 6.07) is 12.8. The summed E-state index contributed by atoms with van der Waals surface area (Å²) in [7, 11) is 0. The predicted molar refractivity (Wildman–Crippen MR) is 73.4 cm³/mol. The third-order valence-electron chi connectivity index (χ3n) is 3.03. The number of fused-ring (bicyclic) bond motifs is 1.